The van der Waals surface area contributed by atoms with Crippen LogP contribution in [0.4, 0.5) is 0 Å². The minimum absolute atomic E-state index is 0.0336. The molecule has 1 saturated heterocycles. The molecule has 1 amide bonds. The maximum Gasteiger partial charge on any atom is 0.270 e. The Labute approximate surface area is 171 Å². The number of para-hydroxylation sites is 1. The van der Waals surface area contributed by atoms with Crippen LogP contribution in [0.3, 0.4) is 0 Å². The molecule has 0 unspecified atom stereocenters. The van der Waals surface area contributed by atoms with Crippen molar-refractivity contribution in [3.8, 4) is 5.75 Å². The van der Waals surface area contributed by atoms with E-state index in [2.05, 4.69) is 30.3 Å². The Kier molecular flexibility index (Phi) is 5.57. The van der Waals surface area contributed by atoms with Crippen LogP contribution >= 0.6 is 0 Å². The number of amides is 1. The van der Waals surface area contributed by atoms with Crippen molar-refractivity contribution in [1.82, 2.24) is 4.90 Å². The Morgan fingerprint density at radius 1 is 0.828 bits per heavy atom. The Bertz CT molecular complexity index is 969. The molecule has 1 fully saturated rings. The summed E-state index contributed by atoms with van der Waals surface area (Å²) in [6, 6.07) is 29.8. The van der Waals surface area contributed by atoms with Gasteiger partial charge in [-0.15, -0.1) is 0 Å². The van der Waals surface area contributed by atoms with Crippen LogP contribution in [0.1, 0.15) is 18.1 Å². The number of rotatable bonds is 6. The van der Waals surface area contributed by atoms with Gasteiger partial charge in [0.1, 0.15) is 11.8 Å². The molecule has 4 rings (SSSR count). The average molecular weight is 381 g/mol. The largest absolute Gasteiger partial charge is 0.478 e. The van der Waals surface area contributed by atoms with Gasteiger partial charge in [-0.2, -0.15) is 0 Å². The number of nitrogens with zero attached hydrogens (tertiary/aromatic N) is 1. The van der Waals surface area contributed by atoms with Crippen molar-refractivity contribution in [3.05, 3.63) is 120 Å². The predicted molar refractivity (Wildman–Crippen MR) is 116 cm³/mol. The number of β-lactam (4-membered cyclic amide) rings is 1. The van der Waals surface area contributed by atoms with Crippen molar-refractivity contribution in [2.75, 3.05) is 0 Å². The van der Waals surface area contributed by atoms with E-state index >= 15 is 0 Å². The van der Waals surface area contributed by atoms with Crippen molar-refractivity contribution in [3.63, 3.8) is 0 Å². The number of likely N-dealkylation sites (tertiary alicyclic amines) is 1. The molecule has 3 aromatic carbocycles. The molecule has 1 heterocycles. The third kappa shape index (κ3) is 3.99. The summed E-state index contributed by atoms with van der Waals surface area (Å²) in [7, 11) is 0. The van der Waals surface area contributed by atoms with E-state index in [9.17, 15) is 4.79 Å². The molecular weight excluding hydrogens is 358 g/mol. The minimum Gasteiger partial charge on any atom is -0.478 e. The van der Waals surface area contributed by atoms with Crippen LogP contribution in [-0.4, -0.2) is 23.0 Å². The van der Waals surface area contributed by atoms with Crippen molar-refractivity contribution >= 4 is 11.5 Å². The normalized spacial score (nSPS) is 18.4. The Balaban J connectivity index is 1.74. The summed E-state index contributed by atoms with van der Waals surface area (Å²) in [6.07, 6.45) is 5.29. The molecule has 1 aliphatic heterocycles. The molecule has 0 N–H and O–H groups in total. The number of ether oxygens (including phenoxy) is 1. The Morgan fingerprint density at radius 3 is 1.86 bits per heavy atom. The van der Waals surface area contributed by atoms with E-state index < -0.39 is 6.10 Å². The molecule has 3 nitrogen and oxygen atoms in total. The minimum atomic E-state index is -0.545. The quantitative estimate of drug-likeness (QED) is 0.542. The van der Waals surface area contributed by atoms with E-state index in [1.807, 2.05) is 85.9 Å². The molecule has 0 saturated carbocycles. The van der Waals surface area contributed by atoms with Gasteiger partial charge < -0.3 is 9.64 Å². The monoisotopic (exact) mass is 381 g/mol. The second-order valence-electron chi connectivity index (χ2n) is 6.88. The summed E-state index contributed by atoms with van der Waals surface area (Å²) < 4.78 is 6.05. The first-order valence-corrected chi connectivity index (χ1v) is 9.77. The van der Waals surface area contributed by atoms with Crippen LogP contribution in [0.5, 0.6) is 5.75 Å². The van der Waals surface area contributed by atoms with E-state index in [0.717, 1.165) is 16.7 Å². The topological polar surface area (TPSA) is 29.5 Å². The van der Waals surface area contributed by atoms with Gasteiger partial charge in [-0.05, 0) is 41.8 Å². The summed E-state index contributed by atoms with van der Waals surface area (Å²) in [4.78, 5) is 14.5. The molecule has 3 heteroatoms. The van der Waals surface area contributed by atoms with Crippen LogP contribution in [0.25, 0.3) is 5.57 Å². The second kappa shape index (κ2) is 8.61. The zero-order chi connectivity index (χ0) is 20.1. The van der Waals surface area contributed by atoms with Crippen molar-refractivity contribution in [1.29, 1.82) is 0 Å². The zero-order valence-electron chi connectivity index (χ0n) is 16.3. The smallest absolute Gasteiger partial charge is 0.270 e. The number of hydrogen-bond acceptors (Lipinski definition) is 2. The summed E-state index contributed by atoms with van der Waals surface area (Å²) in [6.45, 7) is 1.91. The molecule has 29 heavy (non-hydrogen) atoms. The highest BCUT2D eigenvalue weighted by Gasteiger charge is 2.47. The lowest BCUT2D eigenvalue weighted by Gasteiger charge is -2.43. The summed E-state index contributed by atoms with van der Waals surface area (Å²) >= 11 is 0. The molecule has 0 aromatic heterocycles. The molecule has 0 aliphatic carbocycles. The van der Waals surface area contributed by atoms with Crippen LogP contribution < -0.4 is 4.74 Å². The standard InChI is InChI=1S/C26H23NO2/c1-2-18-27-24(25(26(27)28)29-22-16-10-5-11-17-22)19-23(20-12-6-3-7-13-20)21-14-8-4-9-15-21/h2-19,24-25H,1H3/b18-2-/t24-,25+/m0/s1. The Hall–Kier alpha value is -3.59. The molecule has 0 bridgehead atoms. The molecule has 144 valence electrons. The summed E-state index contributed by atoms with van der Waals surface area (Å²) in [5.74, 6) is 0.666. The lowest BCUT2D eigenvalue weighted by Crippen LogP contribution is -2.63. The van der Waals surface area contributed by atoms with Crippen LogP contribution in [-0.2, 0) is 4.79 Å². The van der Waals surface area contributed by atoms with E-state index in [1.165, 1.54) is 0 Å². The maximum atomic E-state index is 12.7. The first-order valence-electron chi connectivity index (χ1n) is 9.77. The van der Waals surface area contributed by atoms with E-state index in [4.69, 9.17) is 4.74 Å². The molecule has 1 aliphatic rings. The van der Waals surface area contributed by atoms with Gasteiger partial charge in [-0.1, -0.05) is 84.9 Å². The number of carbonyl (C=O) groups is 1. The first kappa shape index (κ1) is 18.8. The fraction of sp³-hybridized carbons (Fsp3) is 0.115. The molecule has 2 atom stereocenters. The second-order valence-corrected chi connectivity index (χ2v) is 6.88. The van der Waals surface area contributed by atoms with Gasteiger partial charge in [-0.25, -0.2) is 0 Å². The molecule has 3 aromatic rings. The first-order chi connectivity index (χ1) is 14.3. The van der Waals surface area contributed by atoms with Gasteiger partial charge in [0.15, 0.2) is 0 Å². The Morgan fingerprint density at radius 2 is 1.34 bits per heavy atom. The predicted octanol–water partition coefficient (Wildman–Crippen LogP) is 5.31. The van der Waals surface area contributed by atoms with Crippen LogP contribution in [0.2, 0.25) is 0 Å². The van der Waals surface area contributed by atoms with Crippen LogP contribution in [0, 0.1) is 0 Å². The number of hydrogen-bond donors (Lipinski definition) is 0. The maximum absolute atomic E-state index is 12.7. The zero-order valence-corrected chi connectivity index (χ0v) is 16.3. The van der Waals surface area contributed by atoms with Gasteiger partial charge in [0, 0.05) is 6.20 Å². The lowest BCUT2D eigenvalue weighted by atomic mass is 9.90. The van der Waals surface area contributed by atoms with Gasteiger partial charge in [0.2, 0.25) is 6.10 Å². The highest BCUT2D eigenvalue weighted by atomic mass is 16.5. The van der Waals surface area contributed by atoms with Crippen molar-refractivity contribution in [2.45, 2.75) is 19.1 Å². The third-order valence-electron chi connectivity index (χ3n) is 4.95. The van der Waals surface area contributed by atoms with Gasteiger partial charge in [-0.3, -0.25) is 4.79 Å². The fourth-order valence-corrected chi connectivity index (χ4v) is 3.54. The molecule has 0 spiro atoms. The lowest BCUT2D eigenvalue weighted by molar-refractivity contribution is -0.153. The highest BCUT2D eigenvalue weighted by Crippen LogP contribution is 2.32. The van der Waals surface area contributed by atoms with Crippen molar-refractivity contribution < 1.29 is 9.53 Å². The van der Waals surface area contributed by atoms with Gasteiger partial charge in [0.05, 0.1) is 0 Å². The number of allylic oxidation sites excluding steroid dienone is 1. The molecular formula is C26H23NO2. The highest BCUT2D eigenvalue weighted by molar-refractivity contribution is 5.92. The summed E-state index contributed by atoms with van der Waals surface area (Å²) in [5, 5.41) is 0. The van der Waals surface area contributed by atoms with Crippen molar-refractivity contribution in [2.24, 2.45) is 0 Å². The average Bonchev–Trinajstić information content (AvgIpc) is 2.79. The van der Waals surface area contributed by atoms with E-state index in [-0.39, 0.29) is 11.9 Å². The van der Waals surface area contributed by atoms with E-state index in [1.54, 1.807) is 4.90 Å². The number of benzene rings is 3. The van der Waals surface area contributed by atoms with Crippen LogP contribution in [0.15, 0.2) is 109 Å². The number of carbonyl (C=O) groups excluding carboxylic acids is 1. The van der Waals surface area contributed by atoms with E-state index in [0.29, 0.717) is 5.75 Å². The SMILES string of the molecule is C/C=C\N1C(=O)[C@H](Oc2ccccc2)[C@@H]1C=C(c1ccccc1)c1ccccc1. The fourth-order valence-electron chi connectivity index (χ4n) is 3.54. The molecule has 0 radical (unpaired) electrons. The van der Waals surface area contributed by atoms with Gasteiger partial charge >= 0.3 is 0 Å². The third-order valence-corrected chi connectivity index (χ3v) is 4.95. The summed E-state index contributed by atoms with van der Waals surface area (Å²) in [5.41, 5.74) is 3.30. The van der Waals surface area contributed by atoms with Gasteiger partial charge in [0.25, 0.3) is 5.91 Å².